The second-order valence-corrected chi connectivity index (χ2v) is 7.73. The number of likely N-dealkylation sites (tertiary alicyclic amines) is 1. The van der Waals surface area contributed by atoms with Crippen LogP contribution in [0.15, 0.2) is 41.6 Å². The first kappa shape index (κ1) is 20.1. The molecule has 2 fully saturated rings. The van der Waals surface area contributed by atoms with Crippen LogP contribution >= 0.6 is 0 Å². The summed E-state index contributed by atoms with van der Waals surface area (Å²) in [7, 11) is 1.55. The van der Waals surface area contributed by atoms with Crippen LogP contribution < -0.4 is 21.3 Å². The van der Waals surface area contributed by atoms with Crippen LogP contribution in [0.3, 0.4) is 0 Å². The van der Waals surface area contributed by atoms with Crippen molar-refractivity contribution in [1.82, 2.24) is 19.9 Å². The van der Waals surface area contributed by atoms with Gasteiger partial charge in [-0.15, -0.1) is 0 Å². The van der Waals surface area contributed by atoms with E-state index in [1.54, 1.807) is 25.4 Å². The highest BCUT2D eigenvalue weighted by atomic mass is 16.5. The van der Waals surface area contributed by atoms with Crippen LogP contribution in [0.1, 0.15) is 12.8 Å². The Hall–Kier alpha value is -3.20. The molecule has 2 aromatic rings. The number of aromatic nitrogens is 3. The molecule has 1 aliphatic carbocycles. The summed E-state index contributed by atoms with van der Waals surface area (Å²) in [4.78, 5) is 37.4. The van der Waals surface area contributed by atoms with Crippen molar-refractivity contribution in [3.05, 3.63) is 47.2 Å². The minimum absolute atomic E-state index is 0.0104. The highest BCUT2D eigenvalue weighted by molar-refractivity contribution is 5.88. The lowest BCUT2D eigenvalue weighted by atomic mass is 9.88. The fourth-order valence-electron chi connectivity index (χ4n) is 3.80. The van der Waals surface area contributed by atoms with Crippen molar-refractivity contribution >= 4 is 11.6 Å². The van der Waals surface area contributed by atoms with Crippen LogP contribution in [-0.4, -0.2) is 58.5 Å². The van der Waals surface area contributed by atoms with Gasteiger partial charge in [0.05, 0.1) is 12.8 Å². The van der Waals surface area contributed by atoms with Gasteiger partial charge in [0.1, 0.15) is 12.0 Å². The zero-order chi connectivity index (χ0) is 21.1. The molecule has 1 saturated heterocycles. The number of anilines is 1. The average molecular weight is 410 g/mol. The van der Waals surface area contributed by atoms with Crippen molar-refractivity contribution in [3.8, 4) is 17.1 Å². The van der Waals surface area contributed by atoms with Gasteiger partial charge < -0.3 is 25.7 Å². The minimum Gasteiger partial charge on any atom is -0.481 e. The monoisotopic (exact) mass is 410 g/mol. The normalized spacial score (nSPS) is 17.6. The van der Waals surface area contributed by atoms with Crippen molar-refractivity contribution in [3.63, 3.8) is 0 Å². The lowest BCUT2D eigenvalue weighted by molar-refractivity contribution is -0.132. The number of amides is 1. The van der Waals surface area contributed by atoms with E-state index in [1.165, 1.54) is 12.4 Å². The predicted molar refractivity (Wildman–Crippen MR) is 113 cm³/mol. The number of carbonyl (C=O) groups excluding carboxylic acids is 1. The smallest absolute Gasteiger partial charge is 0.271 e. The molecule has 3 heterocycles. The van der Waals surface area contributed by atoms with Gasteiger partial charge in [-0.2, -0.15) is 0 Å². The molecular weight excluding hydrogens is 384 g/mol. The molecule has 2 aliphatic rings. The maximum absolute atomic E-state index is 12.5. The first-order chi connectivity index (χ1) is 14.6. The predicted octanol–water partition coefficient (Wildman–Crippen LogP) is 1.00. The molecule has 30 heavy (non-hydrogen) atoms. The van der Waals surface area contributed by atoms with Crippen molar-refractivity contribution in [2.75, 3.05) is 32.1 Å². The molecule has 2 aromatic heterocycles. The Morgan fingerprint density at radius 1 is 1.37 bits per heavy atom. The molecule has 0 spiro atoms. The topological polar surface area (TPSA) is 126 Å². The number of pyridine rings is 1. The van der Waals surface area contributed by atoms with Gasteiger partial charge >= 0.3 is 0 Å². The molecular formula is C21H26N6O3. The number of nitrogens with two attached hydrogens (primary N) is 1. The Morgan fingerprint density at radius 2 is 2.17 bits per heavy atom. The lowest BCUT2D eigenvalue weighted by Crippen LogP contribution is -2.56. The highest BCUT2D eigenvalue weighted by Crippen LogP contribution is 2.40. The lowest BCUT2D eigenvalue weighted by Gasteiger charge is -2.43. The molecule has 0 aromatic carbocycles. The van der Waals surface area contributed by atoms with Gasteiger partial charge in [-0.05, 0) is 24.8 Å². The number of H-pyrrole nitrogens is 1. The number of rotatable bonds is 8. The van der Waals surface area contributed by atoms with Gasteiger partial charge in [0, 0.05) is 55.5 Å². The first-order valence-corrected chi connectivity index (χ1v) is 10.1. The Kier molecular flexibility index (Phi) is 5.80. The van der Waals surface area contributed by atoms with E-state index in [9.17, 15) is 9.59 Å². The summed E-state index contributed by atoms with van der Waals surface area (Å²) in [5.74, 6) is 1.28. The summed E-state index contributed by atoms with van der Waals surface area (Å²) < 4.78 is 5.16. The zero-order valence-electron chi connectivity index (χ0n) is 16.9. The average Bonchev–Trinajstić information content (AvgIpc) is 3.57. The number of ether oxygens (including phenoxy) is 1. The van der Waals surface area contributed by atoms with Gasteiger partial charge in [-0.3, -0.25) is 9.59 Å². The Morgan fingerprint density at radius 3 is 2.87 bits per heavy atom. The van der Waals surface area contributed by atoms with Crippen LogP contribution in [-0.2, 0) is 4.79 Å². The van der Waals surface area contributed by atoms with Crippen LogP contribution in [0.2, 0.25) is 0 Å². The molecule has 4 N–H and O–H groups in total. The summed E-state index contributed by atoms with van der Waals surface area (Å²) in [5.41, 5.74) is 7.18. The van der Waals surface area contributed by atoms with E-state index in [0.29, 0.717) is 48.7 Å². The minimum atomic E-state index is -0.177. The van der Waals surface area contributed by atoms with Crippen LogP contribution in [0, 0.1) is 11.8 Å². The Bertz CT molecular complexity index is 994. The largest absolute Gasteiger partial charge is 0.481 e. The number of hydrogen-bond donors (Lipinski definition) is 3. The van der Waals surface area contributed by atoms with Crippen molar-refractivity contribution in [2.45, 2.75) is 18.9 Å². The number of nitrogens with one attached hydrogen (secondary N) is 2. The van der Waals surface area contributed by atoms with Crippen molar-refractivity contribution in [1.29, 1.82) is 0 Å². The molecule has 1 saturated carbocycles. The second kappa shape index (κ2) is 8.66. The second-order valence-electron chi connectivity index (χ2n) is 7.73. The number of carbonyl (C=O) groups is 1. The van der Waals surface area contributed by atoms with Crippen LogP contribution in [0.4, 0.5) is 5.69 Å². The van der Waals surface area contributed by atoms with Gasteiger partial charge in [0.25, 0.3) is 5.56 Å². The molecule has 9 nitrogen and oxygen atoms in total. The first-order valence-electron chi connectivity index (χ1n) is 10.1. The third-order valence-corrected chi connectivity index (χ3v) is 5.63. The van der Waals surface area contributed by atoms with E-state index >= 15 is 0 Å². The molecule has 0 bridgehead atoms. The number of aromatic amines is 1. The molecule has 1 atom stereocenters. The van der Waals surface area contributed by atoms with E-state index in [-0.39, 0.29) is 17.5 Å². The molecule has 0 radical (unpaired) electrons. The summed E-state index contributed by atoms with van der Waals surface area (Å²) in [6, 6.07) is 3.69. The SMILES string of the molecule is COc1cc(-c2c[nH]c(=O)c(NC(C3CC3)C3CN(C(=O)/C=C/CN)C3)c2)ncn1. The quantitative estimate of drug-likeness (QED) is 0.554. The fourth-order valence-corrected chi connectivity index (χ4v) is 3.80. The van der Waals surface area contributed by atoms with E-state index in [4.69, 9.17) is 10.5 Å². The molecule has 158 valence electrons. The van der Waals surface area contributed by atoms with Crippen LogP contribution in [0.25, 0.3) is 11.3 Å². The van der Waals surface area contributed by atoms with Gasteiger partial charge in [-0.25, -0.2) is 9.97 Å². The Balaban J connectivity index is 1.49. The molecule has 1 amide bonds. The van der Waals surface area contributed by atoms with E-state index < -0.39 is 0 Å². The third-order valence-electron chi connectivity index (χ3n) is 5.63. The molecule has 1 unspecified atom stereocenters. The van der Waals surface area contributed by atoms with Gasteiger partial charge in [-0.1, -0.05) is 6.08 Å². The van der Waals surface area contributed by atoms with E-state index in [1.807, 2.05) is 11.0 Å². The van der Waals surface area contributed by atoms with Gasteiger partial charge in [0.15, 0.2) is 0 Å². The van der Waals surface area contributed by atoms with Crippen LogP contribution in [0.5, 0.6) is 5.88 Å². The highest BCUT2D eigenvalue weighted by Gasteiger charge is 2.43. The molecule has 9 heteroatoms. The maximum atomic E-state index is 12.5. The van der Waals surface area contributed by atoms with E-state index in [0.717, 1.165) is 18.4 Å². The molecule has 1 aliphatic heterocycles. The van der Waals surface area contributed by atoms with Crippen molar-refractivity contribution < 1.29 is 9.53 Å². The van der Waals surface area contributed by atoms with E-state index in [2.05, 4.69) is 20.3 Å². The Labute approximate surface area is 174 Å². The molecule has 4 rings (SSSR count). The van der Waals surface area contributed by atoms with Gasteiger partial charge in [0.2, 0.25) is 11.8 Å². The number of nitrogens with zero attached hydrogens (tertiary/aromatic N) is 3. The summed E-state index contributed by atoms with van der Waals surface area (Å²) in [5, 5.41) is 3.46. The third kappa shape index (κ3) is 4.35. The summed E-state index contributed by atoms with van der Waals surface area (Å²) in [6.07, 6.45) is 8.53. The number of hydrogen-bond acceptors (Lipinski definition) is 7. The maximum Gasteiger partial charge on any atom is 0.271 e. The summed E-state index contributed by atoms with van der Waals surface area (Å²) in [6.45, 7) is 1.72. The summed E-state index contributed by atoms with van der Waals surface area (Å²) >= 11 is 0. The number of methoxy groups -OCH3 is 1. The standard InChI is InChI=1S/C21H26N6O3/c1-30-18-8-16(24-12-25-18)14-7-17(21(29)23-9-14)26-20(13-4-5-13)15-10-27(11-15)19(28)3-2-6-22/h2-3,7-9,12-13,15,20,26H,4-6,10-11,22H2,1H3,(H,23,29)/b3-2+. The zero-order valence-corrected chi connectivity index (χ0v) is 16.9. The fraction of sp³-hybridized carbons (Fsp3) is 0.429. The van der Waals surface area contributed by atoms with Crippen molar-refractivity contribution in [2.24, 2.45) is 17.6 Å².